The van der Waals surface area contributed by atoms with Crippen LogP contribution in [0.4, 0.5) is 13.2 Å². The summed E-state index contributed by atoms with van der Waals surface area (Å²) in [5, 5.41) is 0. The van der Waals surface area contributed by atoms with Crippen LogP contribution in [0.15, 0.2) is 0 Å². The number of halogens is 3. The molecule has 0 bridgehead atoms. The number of carbonyl (C=O) groups is 1. The van der Waals surface area contributed by atoms with Crippen LogP contribution in [0.5, 0.6) is 0 Å². The summed E-state index contributed by atoms with van der Waals surface area (Å²) >= 11 is 0. The van der Waals surface area contributed by atoms with E-state index in [4.69, 9.17) is 4.74 Å². The largest absolute Gasteiger partial charge is 0.411 e. The molecule has 1 aliphatic heterocycles. The lowest BCUT2D eigenvalue weighted by Gasteiger charge is -2.36. The van der Waals surface area contributed by atoms with Crippen LogP contribution < -0.4 is 0 Å². The second-order valence-electron chi connectivity index (χ2n) is 4.57. The summed E-state index contributed by atoms with van der Waals surface area (Å²) in [4.78, 5) is 13.4. The van der Waals surface area contributed by atoms with E-state index in [-0.39, 0.29) is 12.2 Å². The van der Waals surface area contributed by atoms with Gasteiger partial charge in [0.1, 0.15) is 12.7 Å². The fourth-order valence-electron chi connectivity index (χ4n) is 1.91. The van der Waals surface area contributed by atoms with Crippen LogP contribution >= 0.6 is 0 Å². The lowest BCUT2D eigenvalue weighted by Crippen LogP contribution is -2.51. The lowest BCUT2D eigenvalue weighted by molar-refractivity contribution is -0.191. The summed E-state index contributed by atoms with van der Waals surface area (Å²) in [6.45, 7) is 4.31. The van der Waals surface area contributed by atoms with Gasteiger partial charge in [0.25, 0.3) is 5.91 Å². The molecule has 1 heterocycles. The van der Waals surface area contributed by atoms with Gasteiger partial charge in [0, 0.05) is 13.1 Å². The quantitative estimate of drug-likeness (QED) is 0.781. The van der Waals surface area contributed by atoms with E-state index in [2.05, 4.69) is 4.74 Å². The average Bonchev–Trinajstić information content (AvgIpc) is 2.22. The number of ether oxygens (including phenoxy) is 2. The lowest BCUT2D eigenvalue weighted by atomic mass is 10.2. The molecule has 18 heavy (non-hydrogen) atoms. The highest BCUT2D eigenvalue weighted by Gasteiger charge is 2.33. The first kappa shape index (κ1) is 15.2. The molecule has 0 spiro atoms. The van der Waals surface area contributed by atoms with Crippen molar-refractivity contribution in [2.45, 2.75) is 45.3 Å². The minimum absolute atomic E-state index is 0.118. The summed E-state index contributed by atoms with van der Waals surface area (Å²) < 4.78 is 45.9. The molecule has 4 nitrogen and oxygen atoms in total. The van der Waals surface area contributed by atoms with Crippen molar-refractivity contribution in [2.24, 2.45) is 0 Å². The maximum atomic E-state index is 12.0. The monoisotopic (exact) mass is 269 g/mol. The summed E-state index contributed by atoms with van der Waals surface area (Å²) in [5.41, 5.74) is 0. The van der Waals surface area contributed by atoms with Gasteiger partial charge in [-0.1, -0.05) is 0 Å². The zero-order valence-corrected chi connectivity index (χ0v) is 10.7. The van der Waals surface area contributed by atoms with Gasteiger partial charge in [-0.15, -0.1) is 0 Å². The predicted octanol–water partition coefficient (Wildman–Crippen LogP) is 1.59. The van der Waals surface area contributed by atoms with Gasteiger partial charge in [-0.3, -0.25) is 4.79 Å². The molecular formula is C11H18F3NO3. The van der Waals surface area contributed by atoms with E-state index < -0.39 is 24.8 Å². The molecular weight excluding hydrogens is 251 g/mol. The van der Waals surface area contributed by atoms with Gasteiger partial charge in [0.15, 0.2) is 0 Å². The van der Waals surface area contributed by atoms with E-state index in [0.717, 1.165) is 0 Å². The molecule has 0 saturated carbocycles. The van der Waals surface area contributed by atoms with Crippen LogP contribution in [0.2, 0.25) is 0 Å². The van der Waals surface area contributed by atoms with Gasteiger partial charge in [0.2, 0.25) is 0 Å². The van der Waals surface area contributed by atoms with Crippen LogP contribution in [0.3, 0.4) is 0 Å². The standard InChI is InChI=1S/C11H18F3NO3/c1-7-4-15(5-8(2)18-7)10(16)9(3)17-6-11(12,13)14/h7-9H,4-6H2,1-3H3. The van der Waals surface area contributed by atoms with E-state index in [1.165, 1.54) is 11.8 Å². The molecule has 7 heteroatoms. The van der Waals surface area contributed by atoms with Gasteiger partial charge in [0.05, 0.1) is 12.2 Å². The molecule has 1 aliphatic rings. The molecule has 0 N–H and O–H groups in total. The molecule has 0 aromatic heterocycles. The van der Waals surface area contributed by atoms with E-state index in [1.54, 1.807) is 0 Å². The van der Waals surface area contributed by atoms with E-state index in [0.29, 0.717) is 13.1 Å². The van der Waals surface area contributed by atoms with Gasteiger partial charge in [-0.2, -0.15) is 13.2 Å². The van der Waals surface area contributed by atoms with E-state index >= 15 is 0 Å². The molecule has 0 aromatic carbocycles. The zero-order chi connectivity index (χ0) is 13.9. The van der Waals surface area contributed by atoms with Crippen molar-refractivity contribution in [2.75, 3.05) is 19.7 Å². The Labute approximate surface area is 104 Å². The first-order chi connectivity index (χ1) is 8.19. The van der Waals surface area contributed by atoms with Gasteiger partial charge < -0.3 is 14.4 Å². The fraction of sp³-hybridized carbons (Fsp3) is 0.909. The molecule has 1 saturated heterocycles. The molecule has 3 atom stereocenters. The van der Waals surface area contributed by atoms with Gasteiger partial charge >= 0.3 is 6.18 Å². The second kappa shape index (κ2) is 5.88. The van der Waals surface area contributed by atoms with Crippen molar-refractivity contribution in [3.05, 3.63) is 0 Å². The smallest absolute Gasteiger partial charge is 0.372 e. The molecule has 0 aromatic rings. The van der Waals surface area contributed by atoms with E-state index in [9.17, 15) is 18.0 Å². The number of hydrogen-bond acceptors (Lipinski definition) is 3. The Hall–Kier alpha value is -0.820. The molecule has 0 aliphatic carbocycles. The number of carbonyl (C=O) groups excluding carboxylic acids is 1. The number of morpholine rings is 1. The van der Waals surface area contributed by atoms with Crippen LogP contribution in [0.1, 0.15) is 20.8 Å². The third-order valence-electron chi connectivity index (χ3n) is 2.58. The Morgan fingerprint density at radius 1 is 1.39 bits per heavy atom. The van der Waals surface area contributed by atoms with Crippen LogP contribution in [0.25, 0.3) is 0 Å². The van der Waals surface area contributed by atoms with Gasteiger partial charge in [-0.05, 0) is 20.8 Å². The van der Waals surface area contributed by atoms with E-state index in [1.807, 2.05) is 13.8 Å². The van der Waals surface area contributed by atoms with Crippen LogP contribution in [0, 0.1) is 0 Å². The summed E-state index contributed by atoms with van der Waals surface area (Å²) in [7, 11) is 0. The number of nitrogens with zero attached hydrogens (tertiary/aromatic N) is 1. The number of amides is 1. The Morgan fingerprint density at radius 3 is 2.33 bits per heavy atom. The number of alkyl halides is 3. The first-order valence-electron chi connectivity index (χ1n) is 5.81. The topological polar surface area (TPSA) is 38.8 Å². The van der Waals surface area contributed by atoms with Crippen molar-refractivity contribution in [3.63, 3.8) is 0 Å². The predicted molar refractivity (Wildman–Crippen MR) is 58.1 cm³/mol. The van der Waals surface area contributed by atoms with Crippen molar-refractivity contribution < 1.29 is 27.4 Å². The van der Waals surface area contributed by atoms with Crippen molar-refractivity contribution in [3.8, 4) is 0 Å². The first-order valence-corrected chi connectivity index (χ1v) is 5.81. The Morgan fingerprint density at radius 2 is 1.89 bits per heavy atom. The molecule has 106 valence electrons. The Balaban J connectivity index is 2.47. The summed E-state index contributed by atoms with van der Waals surface area (Å²) in [5.74, 6) is -0.429. The zero-order valence-electron chi connectivity index (χ0n) is 10.7. The molecule has 3 unspecified atom stereocenters. The van der Waals surface area contributed by atoms with Gasteiger partial charge in [-0.25, -0.2) is 0 Å². The Bertz CT molecular complexity index is 286. The molecule has 1 amide bonds. The second-order valence-corrected chi connectivity index (χ2v) is 4.57. The highest BCUT2D eigenvalue weighted by molar-refractivity contribution is 5.80. The third kappa shape index (κ3) is 4.81. The minimum atomic E-state index is -4.42. The molecule has 1 fully saturated rings. The minimum Gasteiger partial charge on any atom is -0.372 e. The fourth-order valence-corrected chi connectivity index (χ4v) is 1.91. The van der Waals surface area contributed by atoms with Crippen LogP contribution in [-0.4, -0.2) is 55.0 Å². The van der Waals surface area contributed by atoms with Crippen molar-refractivity contribution >= 4 is 5.91 Å². The molecule has 1 rings (SSSR count). The normalized spacial score (nSPS) is 27.1. The third-order valence-corrected chi connectivity index (χ3v) is 2.58. The molecule has 0 radical (unpaired) electrons. The average molecular weight is 269 g/mol. The maximum Gasteiger partial charge on any atom is 0.411 e. The number of rotatable bonds is 3. The van der Waals surface area contributed by atoms with Crippen molar-refractivity contribution in [1.29, 1.82) is 0 Å². The highest BCUT2D eigenvalue weighted by Crippen LogP contribution is 2.17. The maximum absolute atomic E-state index is 12.0. The Kier molecular flexibility index (Phi) is 4.98. The highest BCUT2D eigenvalue weighted by atomic mass is 19.4. The SMILES string of the molecule is CC1CN(C(=O)C(C)OCC(F)(F)F)CC(C)O1. The van der Waals surface area contributed by atoms with Crippen LogP contribution in [-0.2, 0) is 14.3 Å². The summed E-state index contributed by atoms with van der Waals surface area (Å²) in [6.07, 6.45) is -5.75. The van der Waals surface area contributed by atoms with Crippen molar-refractivity contribution in [1.82, 2.24) is 4.90 Å². The number of hydrogen-bond donors (Lipinski definition) is 0. The summed E-state index contributed by atoms with van der Waals surface area (Å²) in [6, 6.07) is 0.